The van der Waals surface area contributed by atoms with Gasteiger partial charge in [-0.1, -0.05) is 12.1 Å². The van der Waals surface area contributed by atoms with Gasteiger partial charge in [0.25, 0.3) is 5.56 Å². The third-order valence-electron chi connectivity index (χ3n) is 3.28. The smallest absolute Gasteiger partial charge is 0.288 e. The first-order chi connectivity index (χ1) is 11.1. The fourth-order valence-electron chi connectivity index (χ4n) is 2.13. The average molecular weight is 327 g/mol. The van der Waals surface area contributed by atoms with Crippen LogP contribution in [0.25, 0.3) is 11.3 Å². The zero-order valence-electron chi connectivity index (χ0n) is 11.7. The van der Waals surface area contributed by atoms with Gasteiger partial charge >= 0.3 is 0 Å². The Kier molecular flexibility index (Phi) is 3.91. The van der Waals surface area contributed by atoms with Gasteiger partial charge in [0.05, 0.1) is 6.54 Å². The number of nitriles is 1. The molecule has 0 aliphatic carbocycles. The third kappa shape index (κ3) is 2.84. The molecule has 23 heavy (non-hydrogen) atoms. The Labute approximate surface area is 134 Å². The first-order valence-electron chi connectivity index (χ1n) is 6.61. The van der Waals surface area contributed by atoms with Crippen LogP contribution < -0.4 is 5.56 Å². The molecule has 0 spiro atoms. The third-order valence-corrected chi connectivity index (χ3v) is 3.97. The van der Waals surface area contributed by atoms with E-state index in [1.807, 2.05) is 0 Å². The highest BCUT2D eigenvalue weighted by molar-refractivity contribution is 7.08. The van der Waals surface area contributed by atoms with Crippen LogP contribution >= 0.6 is 11.3 Å². The standard InChI is InChI=1S/C16H10FN3O2S/c17-12-3-1-10(2-4-12)8-20-16(22)13(7-18)15(21)14(19-20)11-5-6-23-9-11/h1-6,9,21H,8H2. The Morgan fingerprint density at radius 2 is 2.04 bits per heavy atom. The topological polar surface area (TPSA) is 78.9 Å². The summed E-state index contributed by atoms with van der Waals surface area (Å²) in [4.78, 5) is 12.3. The summed E-state index contributed by atoms with van der Waals surface area (Å²) in [5, 5.41) is 27.0. The molecule has 114 valence electrons. The van der Waals surface area contributed by atoms with Crippen LogP contribution in [0.3, 0.4) is 0 Å². The maximum absolute atomic E-state index is 13.0. The van der Waals surface area contributed by atoms with Crippen molar-refractivity contribution in [1.82, 2.24) is 9.78 Å². The molecule has 7 heteroatoms. The van der Waals surface area contributed by atoms with Gasteiger partial charge in [-0.15, -0.1) is 0 Å². The Morgan fingerprint density at radius 3 is 2.65 bits per heavy atom. The van der Waals surface area contributed by atoms with Crippen molar-refractivity contribution >= 4 is 11.3 Å². The van der Waals surface area contributed by atoms with E-state index in [2.05, 4.69) is 5.10 Å². The van der Waals surface area contributed by atoms with E-state index in [4.69, 9.17) is 5.26 Å². The molecule has 0 atom stereocenters. The molecule has 0 radical (unpaired) electrons. The van der Waals surface area contributed by atoms with Crippen LogP contribution in [0.5, 0.6) is 5.75 Å². The monoisotopic (exact) mass is 327 g/mol. The maximum Gasteiger partial charge on any atom is 0.288 e. The van der Waals surface area contributed by atoms with Crippen molar-refractivity contribution in [3.63, 3.8) is 0 Å². The number of thiophene rings is 1. The molecule has 1 N–H and O–H groups in total. The molecular formula is C16H10FN3O2S. The van der Waals surface area contributed by atoms with Crippen LogP contribution in [-0.2, 0) is 6.54 Å². The highest BCUT2D eigenvalue weighted by Gasteiger charge is 2.18. The molecule has 0 unspecified atom stereocenters. The van der Waals surface area contributed by atoms with Crippen molar-refractivity contribution in [2.45, 2.75) is 6.54 Å². The SMILES string of the molecule is N#Cc1c(O)c(-c2ccsc2)nn(Cc2ccc(F)cc2)c1=O. The van der Waals surface area contributed by atoms with Crippen LogP contribution in [0, 0.1) is 17.1 Å². The van der Waals surface area contributed by atoms with Crippen LogP contribution in [-0.4, -0.2) is 14.9 Å². The molecule has 0 fully saturated rings. The summed E-state index contributed by atoms with van der Waals surface area (Å²) in [7, 11) is 0. The number of hydrogen-bond acceptors (Lipinski definition) is 5. The average Bonchev–Trinajstić information content (AvgIpc) is 3.07. The van der Waals surface area contributed by atoms with Crippen molar-refractivity contribution in [3.05, 3.63) is 68.4 Å². The van der Waals surface area contributed by atoms with Gasteiger partial charge in [0.15, 0.2) is 11.3 Å². The first-order valence-corrected chi connectivity index (χ1v) is 7.55. The number of hydrogen-bond donors (Lipinski definition) is 1. The summed E-state index contributed by atoms with van der Waals surface area (Å²) >= 11 is 1.41. The molecule has 5 nitrogen and oxygen atoms in total. The minimum atomic E-state index is -0.687. The summed E-state index contributed by atoms with van der Waals surface area (Å²) in [5.74, 6) is -0.803. The molecule has 3 aromatic rings. The molecule has 0 saturated carbocycles. The van der Waals surface area contributed by atoms with Crippen molar-refractivity contribution in [2.24, 2.45) is 0 Å². The summed E-state index contributed by atoms with van der Waals surface area (Å²) in [5.41, 5.74) is 0.407. The van der Waals surface area contributed by atoms with Crippen LogP contribution in [0.4, 0.5) is 4.39 Å². The Hall–Kier alpha value is -2.98. The molecule has 2 aromatic heterocycles. The van der Waals surface area contributed by atoms with Crippen molar-refractivity contribution < 1.29 is 9.50 Å². The van der Waals surface area contributed by atoms with Gasteiger partial charge in [0, 0.05) is 10.9 Å². The number of rotatable bonds is 3. The lowest BCUT2D eigenvalue weighted by Gasteiger charge is -2.10. The zero-order valence-corrected chi connectivity index (χ0v) is 12.5. The Balaban J connectivity index is 2.13. The second-order valence-electron chi connectivity index (χ2n) is 4.79. The van der Waals surface area contributed by atoms with E-state index in [1.54, 1.807) is 22.9 Å². The Morgan fingerprint density at radius 1 is 1.30 bits per heavy atom. The van der Waals surface area contributed by atoms with E-state index >= 15 is 0 Å². The van der Waals surface area contributed by atoms with Gasteiger partial charge < -0.3 is 5.11 Å². The number of nitrogens with zero attached hydrogens (tertiary/aromatic N) is 3. The highest BCUT2D eigenvalue weighted by Crippen LogP contribution is 2.29. The molecule has 2 heterocycles. The molecule has 0 saturated heterocycles. The van der Waals surface area contributed by atoms with Crippen LogP contribution in [0.15, 0.2) is 45.9 Å². The lowest BCUT2D eigenvalue weighted by molar-refractivity contribution is 0.463. The summed E-state index contributed by atoms with van der Waals surface area (Å²) in [6.07, 6.45) is 0. The summed E-state index contributed by atoms with van der Waals surface area (Å²) in [6.45, 7) is 0.0746. The summed E-state index contributed by atoms with van der Waals surface area (Å²) < 4.78 is 14.1. The van der Waals surface area contributed by atoms with Gasteiger partial charge in [0.2, 0.25) is 0 Å². The molecule has 0 aliphatic rings. The summed E-state index contributed by atoms with van der Waals surface area (Å²) in [6, 6.07) is 9.09. The minimum Gasteiger partial charge on any atom is -0.504 e. The Bertz CT molecular complexity index is 941. The number of halogens is 1. The van der Waals surface area contributed by atoms with Crippen LogP contribution in [0.1, 0.15) is 11.1 Å². The van der Waals surface area contributed by atoms with E-state index < -0.39 is 11.3 Å². The fraction of sp³-hybridized carbons (Fsp3) is 0.0625. The van der Waals surface area contributed by atoms with E-state index in [1.165, 1.54) is 35.6 Å². The zero-order chi connectivity index (χ0) is 16.4. The second-order valence-corrected chi connectivity index (χ2v) is 5.57. The highest BCUT2D eigenvalue weighted by atomic mass is 32.1. The number of aromatic hydroxyl groups is 1. The van der Waals surface area contributed by atoms with Crippen molar-refractivity contribution in [1.29, 1.82) is 5.26 Å². The van der Waals surface area contributed by atoms with Gasteiger partial charge in [-0.05, 0) is 29.1 Å². The molecule has 0 aliphatic heterocycles. The van der Waals surface area contributed by atoms with Gasteiger partial charge in [-0.3, -0.25) is 4.79 Å². The van der Waals surface area contributed by atoms with Gasteiger partial charge in [-0.25, -0.2) is 9.07 Å². The van der Waals surface area contributed by atoms with Gasteiger partial charge in [-0.2, -0.15) is 21.7 Å². The predicted molar refractivity (Wildman–Crippen MR) is 83.7 cm³/mol. The van der Waals surface area contributed by atoms with Crippen LogP contribution in [0.2, 0.25) is 0 Å². The quantitative estimate of drug-likeness (QED) is 0.802. The van der Waals surface area contributed by atoms with Crippen molar-refractivity contribution in [3.8, 4) is 23.1 Å². The molecule has 0 amide bonds. The predicted octanol–water partition coefficient (Wildman–Crippen LogP) is 2.74. The van der Waals surface area contributed by atoms with Crippen molar-refractivity contribution in [2.75, 3.05) is 0 Å². The second kappa shape index (κ2) is 6.02. The number of benzene rings is 1. The fourth-order valence-corrected chi connectivity index (χ4v) is 2.77. The van der Waals surface area contributed by atoms with E-state index in [-0.39, 0.29) is 23.6 Å². The molecule has 1 aromatic carbocycles. The maximum atomic E-state index is 13.0. The first kappa shape index (κ1) is 14.9. The normalized spacial score (nSPS) is 10.4. The number of aromatic nitrogens is 2. The molecule has 3 rings (SSSR count). The lowest BCUT2D eigenvalue weighted by Crippen LogP contribution is -2.26. The molecule has 0 bridgehead atoms. The van der Waals surface area contributed by atoms with Gasteiger partial charge in [0.1, 0.15) is 17.6 Å². The lowest BCUT2D eigenvalue weighted by atomic mass is 10.1. The van der Waals surface area contributed by atoms with E-state index in [0.29, 0.717) is 11.1 Å². The van der Waals surface area contributed by atoms with E-state index in [9.17, 15) is 14.3 Å². The van der Waals surface area contributed by atoms with E-state index in [0.717, 1.165) is 4.68 Å². The largest absolute Gasteiger partial charge is 0.504 e. The minimum absolute atomic E-state index is 0.0746. The molecular weight excluding hydrogens is 317 g/mol.